The second-order valence-corrected chi connectivity index (χ2v) is 4.10. The third kappa shape index (κ3) is 2.61. The largest absolute Gasteiger partial charge is 0.358 e. The summed E-state index contributed by atoms with van der Waals surface area (Å²) < 4.78 is 1.97. The highest BCUT2D eigenvalue weighted by atomic mass is 16.1. The number of aromatic nitrogens is 2. The molecule has 0 unspecified atom stereocenters. The van der Waals surface area contributed by atoms with E-state index in [9.17, 15) is 4.79 Å². The molecule has 0 aromatic carbocycles. The highest BCUT2D eigenvalue weighted by molar-refractivity contribution is 5.77. The number of hydrogen-bond acceptors (Lipinski definition) is 3. The molecule has 1 saturated heterocycles. The summed E-state index contributed by atoms with van der Waals surface area (Å²) in [6, 6.07) is 3.42. The first-order chi connectivity index (χ1) is 7.79. The number of likely N-dealkylation sites (tertiary alicyclic amines) is 1. The number of carbonyl (C=O) groups excluding carboxylic acids is 1. The van der Waals surface area contributed by atoms with Gasteiger partial charge in [0.1, 0.15) is 0 Å². The fraction of sp³-hybridized carbons (Fsp3) is 0.636. The Morgan fingerprint density at radius 2 is 2.31 bits per heavy atom. The quantitative estimate of drug-likeness (QED) is 0.785. The number of nitrogens with zero attached hydrogens (tertiary/aromatic N) is 3. The van der Waals surface area contributed by atoms with Crippen LogP contribution in [0.1, 0.15) is 18.9 Å². The van der Waals surface area contributed by atoms with E-state index in [0.29, 0.717) is 12.6 Å². The van der Waals surface area contributed by atoms with Crippen molar-refractivity contribution in [1.82, 2.24) is 20.0 Å². The van der Waals surface area contributed by atoms with Crippen LogP contribution >= 0.6 is 0 Å². The Bertz CT molecular complexity index is 328. The first-order valence-electron chi connectivity index (χ1n) is 5.62. The molecule has 1 radical (unpaired) electrons. The van der Waals surface area contributed by atoms with Crippen molar-refractivity contribution < 1.29 is 4.79 Å². The van der Waals surface area contributed by atoms with Crippen LogP contribution in [0.4, 0.5) is 0 Å². The monoisotopic (exact) mass is 221 g/mol. The van der Waals surface area contributed by atoms with Gasteiger partial charge >= 0.3 is 0 Å². The molecule has 2 rings (SSSR count). The van der Waals surface area contributed by atoms with Gasteiger partial charge in [0.25, 0.3) is 0 Å². The molecule has 2 heterocycles. The Morgan fingerprint density at radius 3 is 2.88 bits per heavy atom. The van der Waals surface area contributed by atoms with E-state index >= 15 is 0 Å². The van der Waals surface area contributed by atoms with Gasteiger partial charge in [-0.1, -0.05) is 0 Å². The molecule has 0 atom stereocenters. The molecule has 1 amide bonds. The van der Waals surface area contributed by atoms with Crippen molar-refractivity contribution in [3.05, 3.63) is 18.5 Å². The molecule has 1 aliphatic heterocycles. The number of hydrogen-bond donors (Lipinski definition) is 1. The van der Waals surface area contributed by atoms with E-state index in [1.807, 2.05) is 10.9 Å². The molecule has 0 saturated carbocycles. The number of rotatable bonds is 3. The Labute approximate surface area is 95.4 Å². The molecule has 0 bridgehead atoms. The van der Waals surface area contributed by atoms with Crippen molar-refractivity contribution >= 4 is 5.91 Å². The maximum absolute atomic E-state index is 11.2. The highest BCUT2D eigenvalue weighted by Gasteiger charge is 2.21. The molecule has 1 aromatic heterocycles. The number of carbonyl (C=O) groups is 1. The molecule has 1 N–H and O–H groups in total. The predicted octanol–water partition coefficient (Wildman–Crippen LogP) is 0.0662. The minimum Gasteiger partial charge on any atom is -0.358 e. The third-order valence-corrected chi connectivity index (χ3v) is 3.05. The number of amides is 1. The van der Waals surface area contributed by atoms with Crippen LogP contribution in [0.25, 0.3) is 0 Å². The van der Waals surface area contributed by atoms with Gasteiger partial charge in [-0.05, 0) is 12.8 Å². The van der Waals surface area contributed by atoms with Crippen LogP contribution < -0.4 is 5.32 Å². The molecule has 1 fully saturated rings. The lowest BCUT2D eigenvalue weighted by atomic mass is 10.1. The van der Waals surface area contributed by atoms with Gasteiger partial charge in [-0.15, -0.1) is 0 Å². The highest BCUT2D eigenvalue weighted by Crippen LogP contribution is 2.20. The normalized spacial score (nSPS) is 18.6. The van der Waals surface area contributed by atoms with Gasteiger partial charge in [-0.2, -0.15) is 5.10 Å². The van der Waals surface area contributed by atoms with Crippen LogP contribution in [0.5, 0.6) is 0 Å². The Kier molecular flexibility index (Phi) is 3.56. The first kappa shape index (κ1) is 11.1. The maximum atomic E-state index is 11.2. The summed E-state index contributed by atoms with van der Waals surface area (Å²) in [5, 5.41) is 6.85. The van der Waals surface area contributed by atoms with Gasteiger partial charge < -0.3 is 5.32 Å². The average Bonchev–Trinajstić information content (AvgIpc) is 2.83. The average molecular weight is 221 g/mol. The molecular formula is C11H17N4O. The van der Waals surface area contributed by atoms with Gasteiger partial charge in [0.15, 0.2) is 0 Å². The molecule has 5 heteroatoms. The topological polar surface area (TPSA) is 50.2 Å². The lowest BCUT2D eigenvalue weighted by molar-refractivity contribution is -0.122. The molecule has 5 nitrogen and oxygen atoms in total. The summed E-state index contributed by atoms with van der Waals surface area (Å²) in [7, 11) is 1.68. The summed E-state index contributed by atoms with van der Waals surface area (Å²) in [5.41, 5.74) is 0. The van der Waals surface area contributed by atoms with Gasteiger partial charge in [-0.3, -0.25) is 14.4 Å². The summed E-state index contributed by atoms with van der Waals surface area (Å²) >= 11 is 0. The van der Waals surface area contributed by atoms with Crippen molar-refractivity contribution in [3.8, 4) is 0 Å². The summed E-state index contributed by atoms with van der Waals surface area (Å²) in [6.45, 7) is 2.42. The number of nitrogens with one attached hydrogen (secondary N) is 1. The van der Waals surface area contributed by atoms with Gasteiger partial charge in [0.05, 0.1) is 18.8 Å². The minimum atomic E-state index is 0.0888. The maximum Gasteiger partial charge on any atom is 0.233 e. The molecule has 0 aliphatic carbocycles. The fourth-order valence-electron chi connectivity index (χ4n) is 2.07. The van der Waals surface area contributed by atoms with Gasteiger partial charge in [0, 0.05) is 32.4 Å². The van der Waals surface area contributed by atoms with E-state index < -0.39 is 0 Å². The van der Waals surface area contributed by atoms with Crippen molar-refractivity contribution in [2.75, 3.05) is 26.7 Å². The molecule has 1 aliphatic rings. The smallest absolute Gasteiger partial charge is 0.233 e. The molecule has 16 heavy (non-hydrogen) atoms. The molecule has 1 aromatic rings. The summed E-state index contributed by atoms with van der Waals surface area (Å²) in [4.78, 5) is 13.4. The van der Waals surface area contributed by atoms with Crippen LogP contribution in [0.2, 0.25) is 0 Å². The van der Waals surface area contributed by atoms with Crippen LogP contribution in [0.3, 0.4) is 0 Å². The zero-order valence-electron chi connectivity index (χ0n) is 9.52. The second-order valence-electron chi connectivity index (χ2n) is 4.10. The minimum absolute atomic E-state index is 0.0888. The summed E-state index contributed by atoms with van der Waals surface area (Å²) in [6.07, 6.45) is 5.68. The van der Waals surface area contributed by atoms with Crippen molar-refractivity contribution in [1.29, 1.82) is 0 Å². The summed E-state index contributed by atoms with van der Waals surface area (Å²) in [5.74, 6) is 0.0888. The molecule has 0 spiro atoms. The SMILES string of the molecule is CNC(=O)CN1CCC(n2c[c]cn2)CC1. The van der Waals surface area contributed by atoms with Crippen molar-refractivity contribution in [2.24, 2.45) is 0 Å². The lowest BCUT2D eigenvalue weighted by Gasteiger charge is -2.31. The van der Waals surface area contributed by atoms with Crippen molar-refractivity contribution in [2.45, 2.75) is 18.9 Å². The Balaban J connectivity index is 1.81. The Hall–Kier alpha value is -1.36. The second kappa shape index (κ2) is 5.12. The fourth-order valence-corrected chi connectivity index (χ4v) is 2.07. The van der Waals surface area contributed by atoms with Gasteiger partial charge in [0.2, 0.25) is 5.91 Å². The van der Waals surface area contributed by atoms with Crippen LogP contribution in [0, 0.1) is 6.07 Å². The lowest BCUT2D eigenvalue weighted by Crippen LogP contribution is -2.41. The van der Waals surface area contributed by atoms with E-state index in [2.05, 4.69) is 21.4 Å². The standard InChI is InChI=1S/C11H17N4O/c1-12-11(16)9-14-7-3-10(4-8-14)15-6-2-5-13-15/h5-6,10H,3-4,7-9H2,1H3,(H,12,16). The van der Waals surface area contributed by atoms with E-state index in [1.165, 1.54) is 0 Å². The zero-order chi connectivity index (χ0) is 11.4. The number of likely N-dealkylation sites (N-methyl/N-ethyl adjacent to an activating group) is 1. The van der Waals surface area contributed by atoms with E-state index in [-0.39, 0.29) is 5.91 Å². The molecular weight excluding hydrogens is 204 g/mol. The van der Waals surface area contributed by atoms with Crippen LogP contribution in [-0.4, -0.2) is 47.3 Å². The van der Waals surface area contributed by atoms with Crippen LogP contribution in [-0.2, 0) is 4.79 Å². The Morgan fingerprint density at radius 1 is 1.56 bits per heavy atom. The molecule has 87 valence electrons. The van der Waals surface area contributed by atoms with Crippen LogP contribution in [0.15, 0.2) is 12.4 Å². The number of piperidine rings is 1. The van der Waals surface area contributed by atoms with Gasteiger partial charge in [-0.25, -0.2) is 0 Å². The predicted molar refractivity (Wildman–Crippen MR) is 59.8 cm³/mol. The third-order valence-electron chi connectivity index (χ3n) is 3.05. The first-order valence-corrected chi connectivity index (χ1v) is 5.62. The van der Waals surface area contributed by atoms with E-state index in [1.54, 1.807) is 13.2 Å². The van der Waals surface area contributed by atoms with Crippen molar-refractivity contribution in [3.63, 3.8) is 0 Å². The zero-order valence-corrected chi connectivity index (χ0v) is 9.52. The van der Waals surface area contributed by atoms with E-state index in [0.717, 1.165) is 25.9 Å². The van der Waals surface area contributed by atoms with E-state index in [4.69, 9.17) is 0 Å².